The van der Waals surface area contributed by atoms with E-state index < -0.39 is 0 Å². The highest BCUT2D eigenvalue weighted by Crippen LogP contribution is 2.23. The van der Waals surface area contributed by atoms with Gasteiger partial charge in [-0.05, 0) is 42.8 Å². The lowest BCUT2D eigenvalue weighted by atomic mass is 10.1. The van der Waals surface area contributed by atoms with Gasteiger partial charge in [0.05, 0.1) is 24.3 Å². The Bertz CT molecular complexity index is 737. The van der Waals surface area contributed by atoms with Gasteiger partial charge in [-0.25, -0.2) is 0 Å². The van der Waals surface area contributed by atoms with Crippen molar-refractivity contribution in [1.82, 2.24) is 10.2 Å². The van der Waals surface area contributed by atoms with Crippen molar-refractivity contribution in [2.75, 3.05) is 25.0 Å². The zero-order valence-corrected chi connectivity index (χ0v) is 15.2. The molecule has 0 spiro atoms. The first-order valence-corrected chi connectivity index (χ1v) is 9.45. The van der Waals surface area contributed by atoms with Gasteiger partial charge in [0.1, 0.15) is 0 Å². The van der Waals surface area contributed by atoms with Gasteiger partial charge in [0.2, 0.25) is 5.91 Å². The number of carbonyl (C=O) groups excluding carboxylic acids is 2. The molecule has 5 nitrogen and oxygen atoms in total. The summed E-state index contributed by atoms with van der Waals surface area (Å²) in [5.41, 5.74) is 2.37. The van der Waals surface area contributed by atoms with Crippen LogP contribution in [-0.4, -0.2) is 36.3 Å². The smallest absolute Gasteiger partial charge is 0.255 e. The van der Waals surface area contributed by atoms with E-state index in [9.17, 15) is 9.59 Å². The molecule has 1 aliphatic rings. The van der Waals surface area contributed by atoms with E-state index in [0.717, 1.165) is 42.1 Å². The minimum atomic E-state index is -0.0868. The number of nitrogens with zero attached hydrogens (tertiary/aromatic N) is 1. The molecule has 0 saturated carbocycles. The van der Waals surface area contributed by atoms with Crippen molar-refractivity contribution in [1.29, 1.82) is 0 Å². The molecule has 0 radical (unpaired) electrons. The number of thiophene rings is 1. The van der Waals surface area contributed by atoms with E-state index in [1.165, 1.54) is 0 Å². The molecule has 1 aromatic heterocycles. The minimum Gasteiger partial charge on any atom is -0.375 e. The third-order valence-electron chi connectivity index (χ3n) is 4.36. The molecule has 25 heavy (non-hydrogen) atoms. The second kappa shape index (κ2) is 8.16. The number of hydrogen-bond acceptors (Lipinski definition) is 4. The molecular formula is C19H23N3O2S. The molecule has 132 valence electrons. The van der Waals surface area contributed by atoms with E-state index in [1.807, 2.05) is 47.5 Å². The van der Waals surface area contributed by atoms with Crippen molar-refractivity contribution in [2.24, 2.45) is 0 Å². The van der Waals surface area contributed by atoms with E-state index in [1.54, 1.807) is 11.3 Å². The Morgan fingerprint density at radius 1 is 1.16 bits per heavy atom. The number of amides is 2. The number of likely N-dealkylation sites (tertiary alicyclic amines) is 1. The Kier molecular flexibility index (Phi) is 5.71. The van der Waals surface area contributed by atoms with E-state index >= 15 is 0 Å². The van der Waals surface area contributed by atoms with Crippen LogP contribution in [0.3, 0.4) is 0 Å². The fourth-order valence-electron chi connectivity index (χ4n) is 3.00. The van der Waals surface area contributed by atoms with Gasteiger partial charge in [0, 0.05) is 18.0 Å². The number of anilines is 1. The van der Waals surface area contributed by atoms with E-state index in [0.29, 0.717) is 12.1 Å². The van der Waals surface area contributed by atoms with Crippen molar-refractivity contribution in [3.8, 4) is 0 Å². The number of carbonyl (C=O) groups is 2. The Morgan fingerprint density at radius 2 is 1.96 bits per heavy atom. The van der Waals surface area contributed by atoms with Gasteiger partial charge < -0.3 is 15.5 Å². The molecule has 3 rings (SSSR count). The molecule has 2 aromatic rings. The zero-order valence-electron chi connectivity index (χ0n) is 14.4. The van der Waals surface area contributed by atoms with Crippen LogP contribution in [0.2, 0.25) is 0 Å². The van der Waals surface area contributed by atoms with Crippen LogP contribution in [0.4, 0.5) is 5.69 Å². The summed E-state index contributed by atoms with van der Waals surface area (Å²) in [4.78, 5) is 27.8. The average molecular weight is 357 g/mol. The molecule has 0 atom stereocenters. The highest BCUT2D eigenvalue weighted by Gasteiger charge is 2.22. The van der Waals surface area contributed by atoms with Crippen LogP contribution >= 0.6 is 11.3 Å². The quantitative estimate of drug-likeness (QED) is 0.835. The van der Waals surface area contributed by atoms with Crippen molar-refractivity contribution in [3.05, 3.63) is 51.7 Å². The first kappa shape index (κ1) is 17.5. The van der Waals surface area contributed by atoms with E-state index in [2.05, 4.69) is 10.6 Å². The summed E-state index contributed by atoms with van der Waals surface area (Å²) < 4.78 is 0. The molecule has 2 heterocycles. The van der Waals surface area contributed by atoms with Crippen LogP contribution < -0.4 is 10.6 Å². The number of aryl methyl sites for hydroxylation is 1. The summed E-state index contributed by atoms with van der Waals surface area (Å²) in [5.74, 6) is -0.0427. The van der Waals surface area contributed by atoms with Gasteiger partial charge >= 0.3 is 0 Å². The van der Waals surface area contributed by atoms with Crippen LogP contribution in [0.1, 0.15) is 33.6 Å². The molecule has 1 aromatic carbocycles. The Hall–Kier alpha value is -2.34. The Labute approximate surface area is 152 Å². The summed E-state index contributed by atoms with van der Waals surface area (Å²) in [6.45, 7) is 4.26. The maximum Gasteiger partial charge on any atom is 0.255 e. The lowest BCUT2D eigenvalue weighted by Crippen LogP contribution is -2.31. The van der Waals surface area contributed by atoms with Crippen LogP contribution in [0.25, 0.3) is 0 Å². The van der Waals surface area contributed by atoms with Gasteiger partial charge in [-0.15, -0.1) is 11.3 Å². The van der Waals surface area contributed by atoms with Gasteiger partial charge in [0.15, 0.2) is 0 Å². The second-order valence-corrected chi connectivity index (χ2v) is 7.24. The van der Waals surface area contributed by atoms with Crippen molar-refractivity contribution >= 4 is 28.8 Å². The number of hydrogen-bond donors (Lipinski definition) is 2. The van der Waals surface area contributed by atoms with Crippen molar-refractivity contribution in [2.45, 2.75) is 26.3 Å². The van der Waals surface area contributed by atoms with Gasteiger partial charge in [0.25, 0.3) is 5.91 Å². The topological polar surface area (TPSA) is 61.4 Å². The third kappa shape index (κ3) is 4.39. The largest absolute Gasteiger partial charge is 0.375 e. The summed E-state index contributed by atoms with van der Waals surface area (Å²) in [6, 6.07) is 9.63. The molecule has 1 fully saturated rings. The normalized spacial score (nSPS) is 13.7. The molecule has 0 unspecified atom stereocenters. The fraction of sp³-hybridized carbons (Fsp3) is 0.368. The predicted octanol–water partition coefficient (Wildman–Crippen LogP) is 3.02. The first-order valence-electron chi connectivity index (χ1n) is 8.57. The lowest BCUT2D eigenvalue weighted by Gasteiger charge is -2.19. The van der Waals surface area contributed by atoms with Crippen LogP contribution in [-0.2, 0) is 11.3 Å². The zero-order chi connectivity index (χ0) is 17.6. The monoisotopic (exact) mass is 357 g/mol. The molecule has 2 N–H and O–H groups in total. The lowest BCUT2D eigenvalue weighted by molar-refractivity contribution is -0.119. The molecule has 6 heteroatoms. The third-order valence-corrected chi connectivity index (χ3v) is 5.24. The molecule has 0 aliphatic carbocycles. The van der Waals surface area contributed by atoms with Gasteiger partial charge in [-0.3, -0.25) is 9.59 Å². The molecular weight excluding hydrogens is 334 g/mol. The second-order valence-electron chi connectivity index (χ2n) is 6.21. The highest BCUT2D eigenvalue weighted by molar-refractivity contribution is 7.09. The van der Waals surface area contributed by atoms with Crippen molar-refractivity contribution in [3.63, 3.8) is 0 Å². The maximum atomic E-state index is 12.7. The Balaban J connectivity index is 1.63. The summed E-state index contributed by atoms with van der Waals surface area (Å²) in [7, 11) is 0. The van der Waals surface area contributed by atoms with E-state index in [4.69, 9.17) is 0 Å². The molecule has 0 bridgehead atoms. The fourth-order valence-corrected chi connectivity index (χ4v) is 3.65. The SMILES string of the molecule is Cc1cccc(C(=O)N2CCCC2)c1NCC(=O)NCc1cccs1. The van der Waals surface area contributed by atoms with Crippen LogP contribution in [0.15, 0.2) is 35.7 Å². The standard InChI is InChI=1S/C19H23N3O2S/c1-14-6-4-8-16(19(24)22-9-2-3-10-22)18(14)21-13-17(23)20-12-15-7-5-11-25-15/h4-8,11,21H,2-3,9-10,12-13H2,1H3,(H,20,23). The van der Waals surface area contributed by atoms with Crippen LogP contribution in [0, 0.1) is 6.92 Å². The van der Waals surface area contributed by atoms with Crippen molar-refractivity contribution < 1.29 is 9.59 Å². The number of nitrogens with one attached hydrogen (secondary N) is 2. The first-order chi connectivity index (χ1) is 12.1. The highest BCUT2D eigenvalue weighted by atomic mass is 32.1. The van der Waals surface area contributed by atoms with E-state index in [-0.39, 0.29) is 18.4 Å². The average Bonchev–Trinajstić information content (AvgIpc) is 3.31. The number of benzene rings is 1. The van der Waals surface area contributed by atoms with Gasteiger partial charge in [-0.1, -0.05) is 18.2 Å². The Morgan fingerprint density at radius 3 is 2.68 bits per heavy atom. The number of para-hydroxylation sites is 1. The predicted molar refractivity (Wildman–Crippen MR) is 101 cm³/mol. The van der Waals surface area contributed by atoms with Gasteiger partial charge in [-0.2, -0.15) is 0 Å². The summed E-state index contributed by atoms with van der Waals surface area (Å²) in [6.07, 6.45) is 2.12. The maximum absolute atomic E-state index is 12.7. The van der Waals surface area contributed by atoms with Crippen LogP contribution in [0.5, 0.6) is 0 Å². The summed E-state index contributed by atoms with van der Waals surface area (Å²) >= 11 is 1.62. The summed E-state index contributed by atoms with van der Waals surface area (Å²) in [5, 5.41) is 8.04. The number of rotatable bonds is 6. The molecule has 2 amide bonds. The molecule has 1 aliphatic heterocycles. The molecule has 1 saturated heterocycles. The minimum absolute atomic E-state index is 0.0442.